The Balaban J connectivity index is 1.32. The predicted octanol–water partition coefficient (Wildman–Crippen LogP) is 4.68. The van der Waals surface area contributed by atoms with Crippen molar-refractivity contribution in [3.8, 4) is 5.75 Å². The molecule has 5 nitrogen and oxygen atoms in total. The Morgan fingerprint density at radius 3 is 2.74 bits per heavy atom. The summed E-state index contributed by atoms with van der Waals surface area (Å²) in [6.07, 6.45) is 5.26. The van der Waals surface area contributed by atoms with E-state index in [1.165, 1.54) is 17.2 Å². The molecule has 4 atom stereocenters. The number of hydrogen-bond donors (Lipinski definition) is 1. The van der Waals surface area contributed by atoms with Gasteiger partial charge in [0.05, 0.1) is 12.2 Å². The Morgan fingerprint density at radius 1 is 1.19 bits per heavy atom. The molecule has 2 aromatic carbocycles. The van der Waals surface area contributed by atoms with Crippen molar-refractivity contribution in [2.45, 2.75) is 57.1 Å². The summed E-state index contributed by atoms with van der Waals surface area (Å²) in [7, 11) is 0. The van der Waals surface area contributed by atoms with Crippen molar-refractivity contribution in [1.29, 1.82) is 0 Å². The lowest BCUT2D eigenvalue weighted by atomic mass is 9.74. The average Bonchev–Trinajstić information content (AvgIpc) is 3.14. The van der Waals surface area contributed by atoms with Gasteiger partial charge in [0, 0.05) is 36.7 Å². The molecule has 0 radical (unpaired) electrons. The summed E-state index contributed by atoms with van der Waals surface area (Å²) >= 11 is 0. The van der Waals surface area contributed by atoms with Crippen LogP contribution in [0.2, 0.25) is 0 Å². The van der Waals surface area contributed by atoms with Gasteiger partial charge in [0.25, 0.3) is 0 Å². The summed E-state index contributed by atoms with van der Waals surface area (Å²) < 4.78 is 13.1. The van der Waals surface area contributed by atoms with E-state index in [-0.39, 0.29) is 17.8 Å². The maximum atomic E-state index is 10.7. The fraction of sp³-hybridized carbons (Fsp3) is 0.423. The van der Waals surface area contributed by atoms with Crippen molar-refractivity contribution in [3.05, 3.63) is 71.3 Å². The Kier molecular flexibility index (Phi) is 5.11. The number of likely N-dealkylation sites (tertiary alicyclic amines) is 1. The highest BCUT2D eigenvalue weighted by atomic mass is 16.5. The van der Waals surface area contributed by atoms with Crippen LogP contribution in [0, 0.1) is 5.92 Å². The van der Waals surface area contributed by atoms with E-state index in [4.69, 9.17) is 14.6 Å². The topological polar surface area (TPSA) is 59.0 Å². The molecule has 2 aromatic rings. The second-order valence-corrected chi connectivity index (χ2v) is 9.42. The maximum Gasteiger partial charge on any atom is 0.328 e. The van der Waals surface area contributed by atoms with E-state index >= 15 is 0 Å². The first-order chi connectivity index (χ1) is 14.9. The maximum absolute atomic E-state index is 10.7. The fourth-order valence-electron chi connectivity index (χ4n) is 5.45. The Labute approximate surface area is 183 Å². The molecule has 3 heterocycles. The van der Waals surface area contributed by atoms with Gasteiger partial charge in [-0.2, -0.15) is 0 Å². The standard InChI is InChI=1S/C26H29NO4/c1-26(2)20-15-21-23(30-25(20)19-5-3-4-6-22(19)31-26)13-14-27(21)16-18-9-7-17(8-10-18)11-12-24(28)29/h3-12,20-21,23,25H,13-16H2,1-2H3,(H,28,29)/b12-11+/t20-,21+,23-,25+/m0/s1. The van der Waals surface area contributed by atoms with Gasteiger partial charge in [-0.1, -0.05) is 42.5 Å². The SMILES string of the molecule is CC1(C)Oc2ccccc2[C@H]2O[C@H]3CCN(Cc4ccc(/C=C/C(=O)O)cc4)[C@@H]3C[C@@H]21. The number of hydrogen-bond acceptors (Lipinski definition) is 4. The van der Waals surface area contributed by atoms with Crippen LogP contribution in [0.1, 0.15) is 49.5 Å². The van der Waals surface area contributed by atoms with Crippen LogP contribution in [0.15, 0.2) is 54.6 Å². The summed E-state index contributed by atoms with van der Waals surface area (Å²) in [5.41, 5.74) is 3.05. The lowest BCUT2D eigenvalue weighted by Gasteiger charge is -2.50. The molecule has 0 unspecified atom stereocenters. The molecule has 3 aliphatic heterocycles. The number of benzene rings is 2. The van der Waals surface area contributed by atoms with E-state index < -0.39 is 5.97 Å². The Bertz CT molecular complexity index is 997. The Hall–Kier alpha value is -2.63. The molecule has 31 heavy (non-hydrogen) atoms. The third-order valence-electron chi connectivity index (χ3n) is 7.06. The van der Waals surface area contributed by atoms with Crippen molar-refractivity contribution in [2.24, 2.45) is 5.92 Å². The quantitative estimate of drug-likeness (QED) is 0.730. The number of rotatable bonds is 4. The van der Waals surface area contributed by atoms with Crippen LogP contribution in [-0.4, -0.2) is 40.3 Å². The highest BCUT2D eigenvalue weighted by molar-refractivity contribution is 5.85. The minimum Gasteiger partial charge on any atom is -0.487 e. The molecule has 5 rings (SSSR count). The van der Waals surface area contributed by atoms with Gasteiger partial charge in [0.2, 0.25) is 0 Å². The molecular weight excluding hydrogens is 390 g/mol. The molecule has 2 fully saturated rings. The lowest BCUT2D eigenvalue weighted by molar-refractivity contribution is -0.162. The van der Waals surface area contributed by atoms with Crippen molar-refractivity contribution in [1.82, 2.24) is 4.90 Å². The minimum atomic E-state index is -0.931. The summed E-state index contributed by atoms with van der Waals surface area (Å²) in [4.78, 5) is 13.2. The molecule has 0 spiro atoms. The zero-order chi connectivity index (χ0) is 21.6. The van der Waals surface area contributed by atoms with E-state index in [2.05, 4.69) is 49.1 Å². The van der Waals surface area contributed by atoms with Crippen LogP contribution < -0.4 is 4.74 Å². The highest BCUT2D eigenvalue weighted by Gasteiger charge is 2.52. The second kappa shape index (κ2) is 7.81. The molecule has 2 saturated heterocycles. The van der Waals surface area contributed by atoms with Gasteiger partial charge in [-0.15, -0.1) is 0 Å². The largest absolute Gasteiger partial charge is 0.487 e. The molecule has 162 valence electrons. The molecule has 1 N–H and O–H groups in total. The van der Waals surface area contributed by atoms with Gasteiger partial charge >= 0.3 is 5.97 Å². The van der Waals surface area contributed by atoms with Gasteiger partial charge in [-0.3, -0.25) is 4.90 Å². The molecule has 3 aliphatic rings. The van der Waals surface area contributed by atoms with E-state index in [0.717, 1.165) is 37.2 Å². The van der Waals surface area contributed by atoms with E-state index in [1.807, 2.05) is 18.2 Å². The second-order valence-electron chi connectivity index (χ2n) is 9.42. The van der Waals surface area contributed by atoms with Crippen molar-refractivity contribution in [2.75, 3.05) is 6.54 Å². The van der Waals surface area contributed by atoms with E-state index in [0.29, 0.717) is 12.0 Å². The van der Waals surface area contributed by atoms with Crippen molar-refractivity contribution in [3.63, 3.8) is 0 Å². The zero-order valence-corrected chi connectivity index (χ0v) is 18.0. The lowest BCUT2D eigenvalue weighted by Crippen LogP contribution is -2.53. The first-order valence-electron chi connectivity index (χ1n) is 11.1. The minimum absolute atomic E-state index is 0.0986. The number of para-hydroxylation sites is 1. The normalized spacial score (nSPS) is 29.1. The van der Waals surface area contributed by atoms with Gasteiger partial charge in [-0.05, 0) is 50.0 Å². The molecule has 5 heteroatoms. The molecule has 0 amide bonds. The molecule has 0 aromatic heterocycles. The highest BCUT2D eigenvalue weighted by Crippen LogP contribution is 2.52. The third-order valence-corrected chi connectivity index (χ3v) is 7.06. The van der Waals surface area contributed by atoms with Crippen LogP contribution in [0.3, 0.4) is 0 Å². The molecule has 0 aliphatic carbocycles. The average molecular weight is 420 g/mol. The summed E-state index contributed by atoms with van der Waals surface area (Å²) in [6, 6.07) is 16.8. The van der Waals surface area contributed by atoms with Gasteiger partial charge in [-0.25, -0.2) is 4.79 Å². The molecule has 0 bridgehead atoms. The number of ether oxygens (including phenoxy) is 2. The predicted molar refractivity (Wildman–Crippen MR) is 119 cm³/mol. The number of nitrogens with zero attached hydrogens (tertiary/aromatic N) is 1. The van der Waals surface area contributed by atoms with Crippen LogP contribution in [-0.2, 0) is 16.1 Å². The van der Waals surface area contributed by atoms with Gasteiger partial charge < -0.3 is 14.6 Å². The summed E-state index contributed by atoms with van der Waals surface area (Å²) in [6.45, 7) is 6.28. The van der Waals surface area contributed by atoms with Gasteiger partial charge in [0.1, 0.15) is 11.4 Å². The Morgan fingerprint density at radius 2 is 1.97 bits per heavy atom. The summed E-state index contributed by atoms with van der Waals surface area (Å²) in [5, 5.41) is 8.79. The van der Waals surface area contributed by atoms with Crippen LogP contribution >= 0.6 is 0 Å². The van der Waals surface area contributed by atoms with E-state index in [1.54, 1.807) is 6.08 Å². The number of fused-ring (bicyclic) bond motifs is 4. The number of aliphatic carboxylic acids is 1. The van der Waals surface area contributed by atoms with Crippen LogP contribution in [0.25, 0.3) is 6.08 Å². The number of carboxylic acids is 1. The first-order valence-corrected chi connectivity index (χ1v) is 11.1. The zero-order valence-electron chi connectivity index (χ0n) is 18.0. The third kappa shape index (κ3) is 3.88. The number of carboxylic acid groups (broad SMARTS) is 1. The summed E-state index contributed by atoms with van der Waals surface area (Å²) in [5.74, 6) is 0.340. The van der Waals surface area contributed by atoms with Crippen LogP contribution in [0.4, 0.5) is 0 Å². The first kappa shape index (κ1) is 20.3. The molecule has 0 saturated carbocycles. The van der Waals surface area contributed by atoms with Crippen molar-refractivity contribution < 1.29 is 19.4 Å². The van der Waals surface area contributed by atoms with Gasteiger partial charge in [0.15, 0.2) is 0 Å². The molecular formula is C26H29NO4. The monoisotopic (exact) mass is 419 g/mol. The number of carbonyl (C=O) groups is 1. The van der Waals surface area contributed by atoms with E-state index in [9.17, 15) is 4.79 Å². The van der Waals surface area contributed by atoms with Crippen molar-refractivity contribution >= 4 is 12.0 Å². The smallest absolute Gasteiger partial charge is 0.328 e. The van der Waals surface area contributed by atoms with Crippen LogP contribution in [0.5, 0.6) is 5.75 Å². The fourth-order valence-corrected chi connectivity index (χ4v) is 5.45.